The van der Waals surface area contributed by atoms with Gasteiger partial charge in [-0.3, -0.25) is 13.9 Å². The maximum Gasteiger partial charge on any atom is 0.453 e. The van der Waals surface area contributed by atoms with Gasteiger partial charge in [0.05, 0.1) is 9.10 Å². The van der Waals surface area contributed by atoms with E-state index in [-0.39, 0.29) is 28.2 Å². The summed E-state index contributed by atoms with van der Waals surface area (Å²) in [6.07, 6.45) is -7.44. The SMILES string of the molecule is Cc1ccc(S(=O)(=O)N=c2c3c(SCCCCC(F)(F)C(F)(F)F)sc(C)c(C)n-3c(=O)n2CC(=O)OC(C)(C)C)cc1. The third kappa shape index (κ3) is 8.26. The third-order valence-corrected chi connectivity index (χ3v) is 9.98. The average molecular weight is 670 g/mol. The second kappa shape index (κ2) is 12.7. The van der Waals surface area contributed by atoms with Crippen molar-refractivity contribution >= 4 is 39.1 Å². The number of hydrogen-bond acceptors (Lipinski definition) is 7. The molecule has 0 bridgehead atoms. The van der Waals surface area contributed by atoms with Gasteiger partial charge in [-0.05, 0) is 72.3 Å². The van der Waals surface area contributed by atoms with Crippen LogP contribution in [0.15, 0.2) is 42.6 Å². The Morgan fingerprint density at radius 1 is 1.02 bits per heavy atom. The van der Waals surface area contributed by atoms with Crippen LogP contribution in [0.2, 0.25) is 0 Å². The van der Waals surface area contributed by atoms with Crippen LogP contribution in [0, 0.1) is 20.8 Å². The molecule has 0 radical (unpaired) electrons. The number of carbonyl (C=O) groups excluding carboxylic acids is 1. The molecule has 0 aliphatic carbocycles. The number of rotatable bonds is 10. The third-order valence-electron chi connectivity index (χ3n) is 6.16. The number of aryl methyl sites for hydroxylation is 2. The molecule has 2 aliphatic rings. The first-order valence-electron chi connectivity index (χ1n) is 13.1. The Morgan fingerprint density at radius 2 is 1.63 bits per heavy atom. The predicted octanol–water partition coefficient (Wildman–Crippen LogP) is 6.15. The summed E-state index contributed by atoms with van der Waals surface area (Å²) in [5.74, 6) is -5.53. The number of thioether (sulfide) groups is 1. The molecule has 2 heterocycles. The molecule has 0 N–H and O–H groups in total. The van der Waals surface area contributed by atoms with Crippen molar-refractivity contribution in [2.24, 2.45) is 4.40 Å². The van der Waals surface area contributed by atoms with Crippen LogP contribution in [0.5, 0.6) is 0 Å². The first-order chi connectivity index (χ1) is 19.6. The molecule has 0 saturated carbocycles. The fraction of sp³-hybridized carbons (Fsp3) is 0.519. The van der Waals surface area contributed by atoms with Gasteiger partial charge in [0.15, 0.2) is 5.49 Å². The molecule has 0 amide bonds. The van der Waals surface area contributed by atoms with Crippen molar-refractivity contribution in [3.8, 4) is 5.69 Å². The quantitative estimate of drug-likeness (QED) is 0.111. The minimum absolute atomic E-state index is 0.0148. The van der Waals surface area contributed by atoms with E-state index in [4.69, 9.17) is 4.74 Å². The number of fused-ring (bicyclic) bond motifs is 1. The zero-order valence-corrected chi connectivity index (χ0v) is 26.8. The van der Waals surface area contributed by atoms with Crippen LogP contribution in [0.4, 0.5) is 22.0 Å². The maximum absolute atomic E-state index is 13.7. The number of hydrogen-bond donors (Lipinski definition) is 0. The smallest absolute Gasteiger partial charge is 0.453 e. The number of imidazole rings is 1. The lowest BCUT2D eigenvalue weighted by Gasteiger charge is -2.19. The van der Waals surface area contributed by atoms with Crippen molar-refractivity contribution < 1.29 is 39.9 Å². The van der Waals surface area contributed by atoms with Gasteiger partial charge in [-0.1, -0.05) is 17.7 Å². The fourth-order valence-electron chi connectivity index (χ4n) is 3.92. The van der Waals surface area contributed by atoms with E-state index in [1.165, 1.54) is 28.0 Å². The fourth-order valence-corrected chi connectivity index (χ4v) is 7.42. The lowest BCUT2D eigenvalue weighted by Crippen LogP contribution is -2.36. The topological polar surface area (TPSA) is 99.7 Å². The van der Waals surface area contributed by atoms with Crippen LogP contribution in [-0.4, -0.2) is 47.0 Å². The van der Waals surface area contributed by atoms with E-state index in [2.05, 4.69) is 4.40 Å². The summed E-state index contributed by atoms with van der Waals surface area (Å²) < 4.78 is 103. The van der Waals surface area contributed by atoms with Crippen LogP contribution < -0.4 is 11.2 Å². The van der Waals surface area contributed by atoms with E-state index in [0.29, 0.717) is 14.8 Å². The van der Waals surface area contributed by atoms with Gasteiger partial charge in [0, 0.05) is 17.0 Å². The molecular formula is C27H32F5N3O5S3. The number of ether oxygens (including phenoxy) is 1. The van der Waals surface area contributed by atoms with Crippen molar-refractivity contribution in [2.75, 3.05) is 5.75 Å². The molecule has 0 atom stereocenters. The number of halogens is 5. The predicted molar refractivity (Wildman–Crippen MR) is 154 cm³/mol. The summed E-state index contributed by atoms with van der Waals surface area (Å²) >= 11 is 2.25. The van der Waals surface area contributed by atoms with E-state index in [0.717, 1.165) is 21.9 Å². The van der Waals surface area contributed by atoms with Crippen molar-refractivity contribution in [3.05, 3.63) is 56.4 Å². The first-order valence-corrected chi connectivity index (χ1v) is 16.3. The summed E-state index contributed by atoms with van der Waals surface area (Å²) in [6.45, 7) is 9.35. The highest BCUT2D eigenvalue weighted by atomic mass is 32.2. The summed E-state index contributed by atoms with van der Waals surface area (Å²) in [4.78, 5) is 27.0. The molecule has 0 fully saturated rings. The maximum atomic E-state index is 13.7. The Bertz CT molecular complexity index is 1680. The molecular weight excluding hydrogens is 638 g/mol. The largest absolute Gasteiger partial charge is 0.459 e. The molecule has 0 spiro atoms. The number of sulfonamides is 1. The monoisotopic (exact) mass is 669 g/mol. The highest BCUT2D eigenvalue weighted by molar-refractivity contribution is 8.01. The summed E-state index contributed by atoms with van der Waals surface area (Å²) in [7, 11) is -4.40. The lowest BCUT2D eigenvalue weighted by molar-refractivity contribution is -0.284. The lowest BCUT2D eigenvalue weighted by atomic mass is 10.1. The van der Waals surface area contributed by atoms with Gasteiger partial charge in [-0.25, -0.2) is 4.79 Å². The van der Waals surface area contributed by atoms with Crippen molar-refractivity contribution in [1.29, 1.82) is 0 Å². The van der Waals surface area contributed by atoms with Crippen LogP contribution in [0.25, 0.3) is 5.69 Å². The summed E-state index contributed by atoms with van der Waals surface area (Å²) in [6, 6.07) is 5.86. The minimum Gasteiger partial charge on any atom is -0.459 e. The van der Waals surface area contributed by atoms with E-state index >= 15 is 0 Å². The Hall–Kier alpha value is -2.72. The van der Waals surface area contributed by atoms with Gasteiger partial charge in [0.1, 0.15) is 17.8 Å². The zero-order chi connectivity index (χ0) is 32.5. The summed E-state index contributed by atoms with van der Waals surface area (Å²) in [5, 5.41) is 0. The van der Waals surface area contributed by atoms with Gasteiger partial charge in [-0.15, -0.1) is 27.5 Å². The number of esters is 1. The Balaban J connectivity index is 2.15. The second-order valence-corrected chi connectivity index (χ2v) is 15.1. The van der Waals surface area contributed by atoms with Crippen LogP contribution >= 0.6 is 23.1 Å². The van der Waals surface area contributed by atoms with Crippen molar-refractivity contribution in [3.63, 3.8) is 0 Å². The normalized spacial score (nSPS) is 13.6. The number of alkyl halides is 5. The van der Waals surface area contributed by atoms with Gasteiger partial charge in [-0.2, -0.15) is 30.4 Å². The highest BCUT2D eigenvalue weighted by Gasteiger charge is 2.56. The number of carbonyl (C=O) groups is 1. The Labute approximate surface area is 254 Å². The molecule has 0 saturated heterocycles. The highest BCUT2D eigenvalue weighted by Crippen LogP contribution is 2.40. The number of nitrogens with zero attached hydrogens (tertiary/aromatic N) is 3. The standard InChI is InChI=1S/C27H32F5N3O5S3/c1-16-9-11-19(12-10-16)43(38,39)33-22-21-23(41-14-8-7-13-26(28,29)27(30,31)32)42-18(3)17(2)35(21)24(37)34(22)15-20(36)40-25(4,5)6/h9-12H,7-8,13-15H2,1-6H3. The second-order valence-electron chi connectivity index (χ2n) is 10.9. The van der Waals surface area contributed by atoms with Gasteiger partial charge < -0.3 is 4.74 Å². The molecule has 0 unspecified atom stereocenters. The van der Waals surface area contributed by atoms with Crippen molar-refractivity contribution in [1.82, 2.24) is 9.13 Å². The van der Waals surface area contributed by atoms with Crippen LogP contribution in [-0.2, 0) is 26.1 Å². The van der Waals surface area contributed by atoms with E-state index < -0.39 is 58.8 Å². The van der Waals surface area contributed by atoms with Gasteiger partial charge in [0.25, 0.3) is 10.0 Å². The van der Waals surface area contributed by atoms with E-state index in [9.17, 15) is 40.0 Å². The minimum atomic E-state index is -5.64. The van der Waals surface area contributed by atoms with E-state index in [1.54, 1.807) is 53.7 Å². The molecule has 0 aromatic heterocycles. The van der Waals surface area contributed by atoms with Crippen LogP contribution in [0.3, 0.4) is 0 Å². The molecule has 1 aromatic rings. The average Bonchev–Trinajstić information content (AvgIpc) is 3.11. The molecule has 2 aliphatic heterocycles. The van der Waals surface area contributed by atoms with Gasteiger partial charge in [0.2, 0.25) is 0 Å². The Kier molecular flexibility index (Phi) is 10.3. The van der Waals surface area contributed by atoms with Crippen molar-refractivity contribution in [2.45, 2.75) is 94.2 Å². The number of aromatic nitrogens is 2. The first kappa shape index (κ1) is 34.8. The van der Waals surface area contributed by atoms with Crippen LogP contribution in [0.1, 0.15) is 56.2 Å². The van der Waals surface area contributed by atoms with E-state index in [1.807, 2.05) is 0 Å². The molecule has 238 valence electrons. The summed E-state index contributed by atoms with van der Waals surface area (Å²) in [5.41, 5.74) is -0.659. The number of unbranched alkanes of at least 4 members (excludes halogenated alkanes) is 1. The molecule has 16 heteroatoms. The Morgan fingerprint density at radius 3 is 2.19 bits per heavy atom. The molecule has 1 aromatic carbocycles. The zero-order valence-electron chi connectivity index (χ0n) is 24.3. The number of benzene rings is 1. The molecule has 43 heavy (non-hydrogen) atoms. The molecule has 3 rings (SSSR count). The molecule has 8 nitrogen and oxygen atoms in total. The van der Waals surface area contributed by atoms with Gasteiger partial charge >= 0.3 is 23.8 Å².